The maximum atomic E-state index is 5.96. The molecule has 1 N–H and O–H groups in total. The third-order valence-corrected chi connectivity index (χ3v) is 3.28. The highest BCUT2D eigenvalue weighted by Gasteiger charge is 2.14. The Morgan fingerprint density at radius 1 is 1.33 bits per heavy atom. The lowest BCUT2D eigenvalue weighted by atomic mass is 10.1. The molecule has 0 radical (unpaired) electrons. The molecule has 3 heteroatoms. The van der Waals surface area contributed by atoms with E-state index in [1.807, 2.05) is 31.3 Å². The number of likely N-dealkylation sites (N-methyl/N-ethyl adjacent to an activating group) is 1. The molecule has 0 aliphatic carbocycles. The minimum absolute atomic E-state index is 0.140. The summed E-state index contributed by atoms with van der Waals surface area (Å²) in [5.41, 5.74) is 0.972. The van der Waals surface area contributed by atoms with Crippen molar-refractivity contribution in [2.75, 3.05) is 7.05 Å². The summed E-state index contributed by atoms with van der Waals surface area (Å²) in [5, 5.41) is 4.41. The number of pyridine rings is 1. The van der Waals surface area contributed by atoms with Crippen LogP contribution in [0.3, 0.4) is 0 Å². The van der Waals surface area contributed by atoms with Gasteiger partial charge in [-0.15, -0.1) is 0 Å². The molecule has 0 bridgehead atoms. The fraction of sp³-hybridized carbons (Fsp3) is 0.400. The zero-order valence-corrected chi connectivity index (χ0v) is 11.2. The number of rotatable bonds is 5. The van der Waals surface area contributed by atoms with Crippen molar-refractivity contribution in [1.29, 1.82) is 0 Å². The van der Waals surface area contributed by atoms with Crippen LogP contribution in [0, 0.1) is 0 Å². The molecule has 0 saturated carbocycles. The van der Waals surface area contributed by atoms with E-state index >= 15 is 0 Å². The molecule has 2 aromatic rings. The van der Waals surface area contributed by atoms with E-state index in [9.17, 15) is 0 Å². The molecule has 3 nitrogen and oxygen atoms in total. The minimum Gasteiger partial charge on any atom is -0.489 e. The summed E-state index contributed by atoms with van der Waals surface area (Å²) in [6.07, 6.45) is 2.99. The summed E-state index contributed by atoms with van der Waals surface area (Å²) < 4.78 is 5.96. The Bertz CT molecular complexity index is 509. The van der Waals surface area contributed by atoms with E-state index in [2.05, 4.69) is 30.2 Å². The predicted molar refractivity (Wildman–Crippen MR) is 75.0 cm³/mol. The van der Waals surface area contributed by atoms with E-state index in [4.69, 9.17) is 4.74 Å². The van der Waals surface area contributed by atoms with Crippen molar-refractivity contribution < 1.29 is 4.74 Å². The van der Waals surface area contributed by atoms with Crippen molar-refractivity contribution in [1.82, 2.24) is 10.3 Å². The Hall–Kier alpha value is -1.61. The van der Waals surface area contributed by atoms with Crippen LogP contribution in [0.15, 0.2) is 36.5 Å². The van der Waals surface area contributed by atoms with Gasteiger partial charge in [-0.2, -0.15) is 0 Å². The summed E-state index contributed by atoms with van der Waals surface area (Å²) in [7, 11) is 1.97. The van der Waals surface area contributed by atoms with E-state index in [0.717, 1.165) is 23.1 Å². The molecule has 0 amide bonds. The molecule has 0 spiro atoms. The maximum Gasteiger partial charge on any atom is 0.121 e. The fourth-order valence-corrected chi connectivity index (χ4v) is 2.19. The molecule has 18 heavy (non-hydrogen) atoms. The second-order valence-corrected chi connectivity index (χ2v) is 4.48. The normalized spacial score (nSPS) is 14.4. The lowest BCUT2D eigenvalue weighted by molar-refractivity contribution is 0.172. The van der Waals surface area contributed by atoms with Crippen LogP contribution in [0.4, 0.5) is 0 Å². The first-order chi connectivity index (χ1) is 8.74. The van der Waals surface area contributed by atoms with Crippen LogP contribution in [0.25, 0.3) is 10.9 Å². The third kappa shape index (κ3) is 2.79. The summed E-state index contributed by atoms with van der Waals surface area (Å²) in [6.45, 7) is 4.25. The van der Waals surface area contributed by atoms with Gasteiger partial charge in [0.2, 0.25) is 0 Å². The van der Waals surface area contributed by atoms with Gasteiger partial charge in [-0.3, -0.25) is 4.98 Å². The Morgan fingerprint density at radius 3 is 2.89 bits per heavy atom. The number of nitrogens with zero attached hydrogens (tertiary/aromatic N) is 1. The average molecular weight is 244 g/mol. The average Bonchev–Trinajstić information content (AvgIpc) is 2.40. The molecule has 0 saturated heterocycles. The predicted octanol–water partition coefficient (Wildman–Crippen LogP) is 3.00. The molecular weight excluding hydrogens is 224 g/mol. The van der Waals surface area contributed by atoms with Gasteiger partial charge < -0.3 is 10.1 Å². The molecule has 2 atom stereocenters. The Balaban J connectivity index is 2.16. The first-order valence-corrected chi connectivity index (χ1v) is 6.43. The van der Waals surface area contributed by atoms with Crippen LogP contribution >= 0.6 is 0 Å². The van der Waals surface area contributed by atoms with Gasteiger partial charge in [0.1, 0.15) is 11.9 Å². The van der Waals surface area contributed by atoms with Gasteiger partial charge in [0.25, 0.3) is 0 Å². The number of ether oxygens (including phenoxy) is 1. The zero-order chi connectivity index (χ0) is 13.0. The smallest absolute Gasteiger partial charge is 0.121 e. The third-order valence-electron chi connectivity index (χ3n) is 3.28. The summed E-state index contributed by atoms with van der Waals surface area (Å²) >= 11 is 0. The van der Waals surface area contributed by atoms with Gasteiger partial charge in [-0.1, -0.05) is 13.0 Å². The zero-order valence-electron chi connectivity index (χ0n) is 11.2. The number of hydrogen-bond donors (Lipinski definition) is 1. The van der Waals surface area contributed by atoms with E-state index in [-0.39, 0.29) is 6.10 Å². The Labute approximate surface area is 108 Å². The molecule has 2 unspecified atom stereocenters. The highest BCUT2D eigenvalue weighted by molar-refractivity contribution is 5.79. The van der Waals surface area contributed by atoms with E-state index < -0.39 is 0 Å². The first-order valence-electron chi connectivity index (χ1n) is 6.43. The number of benzene rings is 1. The van der Waals surface area contributed by atoms with Crippen molar-refractivity contribution in [2.24, 2.45) is 0 Å². The highest BCUT2D eigenvalue weighted by atomic mass is 16.5. The standard InChI is InChI=1S/C15H20N2O/c1-4-14(16-3)11(2)18-13-8-7-12-6-5-9-17-15(12)10-13/h5-11,14,16H,4H2,1-3H3. The first kappa shape index (κ1) is 12.8. The second kappa shape index (κ2) is 5.83. The molecule has 96 valence electrons. The van der Waals surface area contributed by atoms with Gasteiger partial charge in [0.05, 0.1) is 5.52 Å². The molecule has 0 aliphatic heterocycles. The Kier molecular flexibility index (Phi) is 4.15. The van der Waals surface area contributed by atoms with Crippen LogP contribution < -0.4 is 10.1 Å². The monoisotopic (exact) mass is 244 g/mol. The summed E-state index contributed by atoms with van der Waals surface area (Å²) in [6, 6.07) is 10.4. The topological polar surface area (TPSA) is 34.1 Å². The van der Waals surface area contributed by atoms with E-state index in [1.165, 1.54) is 0 Å². The van der Waals surface area contributed by atoms with Gasteiger partial charge in [0.15, 0.2) is 0 Å². The number of nitrogens with one attached hydrogen (secondary N) is 1. The van der Waals surface area contributed by atoms with Gasteiger partial charge in [-0.05, 0) is 38.6 Å². The van der Waals surface area contributed by atoms with Crippen LogP contribution in [0.5, 0.6) is 5.75 Å². The number of fused-ring (bicyclic) bond motifs is 1. The summed E-state index contributed by atoms with van der Waals surface area (Å²) in [5.74, 6) is 0.877. The van der Waals surface area contributed by atoms with Crippen molar-refractivity contribution in [3.05, 3.63) is 36.5 Å². The quantitative estimate of drug-likeness (QED) is 0.878. The molecular formula is C15H20N2O. The van der Waals surface area contributed by atoms with Crippen molar-refractivity contribution in [3.8, 4) is 5.75 Å². The van der Waals surface area contributed by atoms with Gasteiger partial charge >= 0.3 is 0 Å². The lowest BCUT2D eigenvalue weighted by Gasteiger charge is -2.23. The minimum atomic E-state index is 0.140. The Morgan fingerprint density at radius 2 is 2.17 bits per heavy atom. The molecule has 1 aromatic carbocycles. The SMILES string of the molecule is CCC(NC)C(C)Oc1ccc2cccnc2c1. The van der Waals surface area contributed by atoms with Gasteiger partial charge in [-0.25, -0.2) is 0 Å². The van der Waals surface area contributed by atoms with E-state index in [0.29, 0.717) is 6.04 Å². The highest BCUT2D eigenvalue weighted by Crippen LogP contribution is 2.20. The van der Waals surface area contributed by atoms with Crippen LogP contribution in [-0.2, 0) is 0 Å². The second-order valence-electron chi connectivity index (χ2n) is 4.48. The van der Waals surface area contributed by atoms with Crippen molar-refractivity contribution in [3.63, 3.8) is 0 Å². The number of hydrogen-bond acceptors (Lipinski definition) is 3. The fourth-order valence-electron chi connectivity index (χ4n) is 2.19. The number of aromatic nitrogens is 1. The molecule has 0 aliphatic rings. The molecule has 1 heterocycles. The molecule has 2 rings (SSSR count). The van der Waals surface area contributed by atoms with Crippen LogP contribution in [0.2, 0.25) is 0 Å². The molecule has 1 aromatic heterocycles. The molecule has 0 fully saturated rings. The lowest BCUT2D eigenvalue weighted by Crippen LogP contribution is -2.38. The van der Waals surface area contributed by atoms with E-state index in [1.54, 1.807) is 6.20 Å². The van der Waals surface area contributed by atoms with Crippen molar-refractivity contribution in [2.45, 2.75) is 32.4 Å². The van der Waals surface area contributed by atoms with Crippen LogP contribution in [-0.4, -0.2) is 24.2 Å². The summed E-state index contributed by atoms with van der Waals surface area (Å²) in [4.78, 5) is 4.34. The van der Waals surface area contributed by atoms with Crippen molar-refractivity contribution >= 4 is 10.9 Å². The van der Waals surface area contributed by atoms with Gasteiger partial charge in [0, 0.05) is 23.7 Å². The largest absolute Gasteiger partial charge is 0.489 e. The maximum absolute atomic E-state index is 5.96. The van der Waals surface area contributed by atoms with Crippen LogP contribution in [0.1, 0.15) is 20.3 Å².